The lowest BCUT2D eigenvalue weighted by atomic mass is 10.1. The van der Waals surface area contributed by atoms with Crippen molar-refractivity contribution in [1.82, 2.24) is 14.8 Å². The minimum absolute atomic E-state index is 0.173. The molecule has 0 fully saturated rings. The Hall–Kier alpha value is -4.18. The molecular formula is C24H18N4O5S. The maximum Gasteiger partial charge on any atom is 0.284 e. The zero-order valence-electron chi connectivity index (χ0n) is 18.0. The quantitative estimate of drug-likeness (QED) is 0.217. The van der Waals surface area contributed by atoms with Gasteiger partial charge in [0.2, 0.25) is 5.16 Å². The first kappa shape index (κ1) is 21.7. The van der Waals surface area contributed by atoms with Crippen LogP contribution < -0.4 is 9.47 Å². The number of rotatable bonds is 6. The molecule has 3 aromatic carbocycles. The standard InChI is InChI=1S/C24H18N4O5S/c1-15(29)16-11-12-22(18(13-16)28(30)31)34-24-26-25-23(27(24)17-7-3-2-4-8-17)21-14-32-19-9-5-6-10-20(19)33-21/h2-13,21H,14H2,1H3. The van der Waals surface area contributed by atoms with Gasteiger partial charge in [0.15, 0.2) is 29.2 Å². The highest BCUT2D eigenvalue weighted by Crippen LogP contribution is 2.39. The topological polar surface area (TPSA) is 109 Å². The number of nitro groups is 1. The second kappa shape index (κ2) is 8.99. The Morgan fingerprint density at radius 1 is 1.06 bits per heavy atom. The second-order valence-electron chi connectivity index (χ2n) is 7.47. The maximum absolute atomic E-state index is 11.7. The van der Waals surface area contributed by atoms with Crippen LogP contribution in [0.25, 0.3) is 5.69 Å². The number of benzene rings is 3. The molecular weight excluding hydrogens is 456 g/mol. The van der Waals surface area contributed by atoms with Crippen LogP contribution in [-0.4, -0.2) is 32.1 Å². The third-order valence-electron chi connectivity index (χ3n) is 5.23. The normalized spacial score (nSPS) is 14.6. The number of nitro benzene ring substituents is 1. The van der Waals surface area contributed by atoms with Gasteiger partial charge in [-0.25, -0.2) is 0 Å². The summed E-state index contributed by atoms with van der Waals surface area (Å²) in [7, 11) is 0. The number of Topliss-reactive ketones (excluding diaryl/α,β-unsaturated/α-hetero) is 1. The van der Waals surface area contributed by atoms with Crippen molar-refractivity contribution in [2.45, 2.75) is 23.1 Å². The second-order valence-corrected chi connectivity index (χ2v) is 8.48. The summed E-state index contributed by atoms with van der Waals surface area (Å²) in [6, 6.07) is 21.2. The van der Waals surface area contributed by atoms with Crippen LogP contribution in [0.4, 0.5) is 5.69 Å². The Morgan fingerprint density at radius 3 is 2.53 bits per heavy atom. The third-order valence-corrected chi connectivity index (χ3v) is 6.24. The van der Waals surface area contributed by atoms with Crippen molar-refractivity contribution >= 4 is 23.2 Å². The molecule has 0 saturated carbocycles. The molecule has 5 rings (SSSR count). The number of ether oxygens (including phenoxy) is 2. The minimum Gasteiger partial charge on any atom is -0.485 e. The summed E-state index contributed by atoms with van der Waals surface area (Å²) in [4.78, 5) is 23.3. The van der Waals surface area contributed by atoms with Gasteiger partial charge in [-0.1, -0.05) is 30.3 Å². The molecule has 0 radical (unpaired) electrons. The van der Waals surface area contributed by atoms with Crippen LogP contribution in [0.5, 0.6) is 11.5 Å². The van der Waals surface area contributed by atoms with Gasteiger partial charge in [0.1, 0.15) is 6.61 Å². The highest BCUT2D eigenvalue weighted by atomic mass is 32.2. The molecule has 1 unspecified atom stereocenters. The lowest BCUT2D eigenvalue weighted by Gasteiger charge is -2.26. The molecule has 34 heavy (non-hydrogen) atoms. The summed E-state index contributed by atoms with van der Waals surface area (Å²) in [5.41, 5.74) is 0.871. The molecule has 0 amide bonds. The molecule has 0 aliphatic carbocycles. The van der Waals surface area contributed by atoms with Gasteiger partial charge in [0, 0.05) is 17.3 Å². The van der Waals surface area contributed by atoms with Crippen LogP contribution in [0.2, 0.25) is 0 Å². The number of hydrogen-bond acceptors (Lipinski definition) is 8. The van der Waals surface area contributed by atoms with Gasteiger partial charge in [-0.05, 0) is 55.1 Å². The van der Waals surface area contributed by atoms with E-state index in [1.807, 2.05) is 54.6 Å². The van der Waals surface area contributed by atoms with Crippen molar-refractivity contribution in [1.29, 1.82) is 0 Å². The van der Waals surface area contributed by atoms with Gasteiger partial charge in [0.05, 0.1) is 9.82 Å². The summed E-state index contributed by atoms with van der Waals surface area (Å²) >= 11 is 1.09. The fourth-order valence-corrected chi connectivity index (χ4v) is 4.53. The van der Waals surface area contributed by atoms with Crippen molar-refractivity contribution in [3.8, 4) is 17.2 Å². The highest BCUT2D eigenvalue weighted by molar-refractivity contribution is 7.99. The molecule has 4 aromatic rings. The van der Waals surface area contributed by atoms with E-state index < -0.39 is 11.0 Å². The van der Waals surface area contributed by atoms with E-state index in [9.17, 15) is 14.9 Å². The molecule has 10 heteroatoms. The zero-order valence-corrected chi connectivity index (χ0v) is 18.8. The lowest BCUT2D eigenvalue weighted by molar-refractivity contribution is -0.387. The molecule has 0 bridgehead atoms. The van der Waals surface area contributed by atoms with Gasteiger partial charge in [0.25, 0.3) is 5.69 Å². The van der Waals surface area contributed by atoms with Gasteiger partial charge >= 0.3 is 0 Å². The minimum atomic E-state index is -0.535. The molecule has 1 aliphatic rings. The molecule has 1 aliphatic heterocycles. The summed E-state index contributed by atoms with van der Waals surface area (Å²) < 4.78 is 13.8. The van der Waals surface area contributed by atoms with Gasteiger partial charge in [-0.3, -0.25) is 19.5 Å². The first-order valence-corrected chi connectivity index (χ1v) is 11.2. The third kappa shape index (κ3) is 4.11. The average molecular weight is 474 g/mol. The number of aromatic nitrogens is 3. The van der Waals surface area contributed by atoms with Crippen molar-refractivity contribution in [2.24, 2.45) is 0 Å². The number of nitrogens with zero attached hydrogens (tertiary/aromatic N) is 4. The highest BCUT2D eigenvalue weighted by Gasteiger charge is 2.30. The van der Waals surface area contributed by atoms with E-state index in [0.717, 1.165) is 17.4 Å². The lowest BCUT2D eigenvalue weighted by Crippen LogP contribution is -2.24. The summed E-state index contributed by atoms with van der Waals surface area (Å²) in [6.07, 6.45) is -0.535. The Kier molecular flexibility index (Phi) is 5.72. The molecule has 9 nitrogen and oxygen atoms in total. The van der Waals surface area contributed by atoms with E-state index in [0.29, 0.717) is 27.4 Å². The predicted octanol–water partition coefficient (Wildman–Crippen LogP) is 5.04. The number of hydrogen-bond donors (Lipinski definition) is 0. The van der Waals surface area contributed by atoms with Crippen molar-refractivity contribution in [3.63, 3.8) is 0 Å². The average Bonchev–Trinajstić information content (AvgIpc) is 3.27. The summed E-state index contributed by atoms with van der Waals surface area (Å²) in [5, 5.41) is 20.8. The van der Waals surface area contributed by atoms with Crippen LogP contribution in [0, 0.1) is 10.1 Å². The predicted molar refractivity (Wildman–Crippen MR) is 124 cm³/mol. The molecule has 1 atom stereocenters. The number of fused-ring (bicyclic) bond motifs is 1. The molecule has 170 valence electrons. The van der Waals surface area contributed by atoms with Crippen molar-refractivity contribution in [2.75, 3.05) is 6.61 Å². The zero-order chi connectivity index (χ0) is 23.7. The van der Waals surface area contributed by atoms with Crippen molar-refractivity contribution < 1.29 is 19.2 Å². The Labute approximate surface area is 198 Å². The Morgan fingerprint density at radius 2 is 1.79 bits per heavy atom. The number of carbonyl (C=O) groups is 1. The van der Waals surface area contributed by atoms with E-state index in [1.165, 1.54) is 13.0 Å². The molecule has 0 saturated heterocycles. The maximum atomic E-state index is 11.7. The van der Waals surface area contributed by atoms with E-state index in [2.05, 4.69) is 10.2 Å². The molecule has 1 aromatic heterocycles. The van der Waals surface area contributed by atoms with Crippen LogP contribution in [0.1, 0.15) is 29.2 Å². The molecule has 0 spiro atoms. The Bertz CT molecular complexity index is 1390. The smallest absolute Gasteiger partial charge is 0.284 e. The van der Waals surface area contributed by atoms with Crippen LogP contribution in [0.15, 0.2) is 82.8 Å². The number of ketones is 1. The molecule has 2 heterocycles. The SMILES string of the molecule is CC(=O)c1ccc(Sc2nnc(C3COc4ccccc4O3)n2-c2ccccc2)c([N+](=O)[O-])c1. The van der Waals surface area contributed by atoms with E-state index in [-0.39, 0.29) is 23.6 Å². The monoisotopic (exact) mass is 474 g/mol. The van der Waals surface area contributed by atoms with E-state index >= 15 is 0 Å². The van der Waals surface area contributed by atoms with E-state index in [1.54, 1.807) is 16.7 Å². The molecule has 0 N–H and O–H groups in total. The largest absolute Gasteiger partial charge is 0.485 e. The van der Waals surface area contributed by atoms with Crippen LogP contribution >= 0.6 is 11.8 Å². The van der Waals surface area contributed by atoms with Crippen LogP contribution in [-0.2, 0) is 0 Å². The Balaban J connectivity index is 1.57. The summed E-state index contributed by atoms with van der Waals surface area (Å²) in [5.74, 6) is 1.52. The number of para-hydroxylation sites is 3. The van der Waals surface area contributed by atoms with Gasteiger partial charge in [-0.15, -0.1) is 10.2 Å². The van der Waals surface area contributed by atoms with Crippen molar-refractivity contribution in [3.05, 3.63) is 94.3 Å². The first-order chi connectivity index (χ1) is 16.5. The van der Waals surface area contributed by atoms with E-state index in [4.69, 9.17) is 9.47 Å². The van der Waals surface area contributed by atoms with Gasteiger partial charge < -0.3 is 9.47 Å². The number of carbonyl (C=O) groups excluding carboxylic acids is 1. The van der Waals surface area contributed by atoms with Gasteiger partial charge in [-0.2, -0.15) is 0 Å². The van der Waals surface area contributed by atoms with Crippen LogP contribution in [0.3, 0.4) is 0 Å². The fraction of sp³-hybridized carbons (Fsp3) is 0.125. The summed E-state index contributed by atoms with van der Waals surface area (Å²) in [6.45, 7) is 1.61. The first-order valence-electron chi connectivity index (χ1n) is 10.4. The fourth-order valence-electron chi connectivity index (χ4n) is 3.59.